The van der Waals surface area contributed by atoms with Gasteiger partial charge in [0.2, 0.25) is 0 Å². The summed E-state index contributed by atoms with van der Waals surface area (Å²) in [6.07, 6.45) is 3.53. The lowest BCUT2D eigenvalue weighted by Gasteiger charge is -2.15. The Morgan fingerprint density at radius 3 is 2.75 bits per heavy atom. The molecule has 5 heteroatoms. The zero-order chi connectivity index (χ0) is 14.7. The van der Waals surface area contributed by atoms with Crippen LogP contribution in [0, 0.1) is 11.7 Å². The summed E-state index contributed by atoms with van der Waals surface area (Å²) in [7, 11) is 0. The lowest BCUT2D eigenvalue weighted by atomic mass is 9.96. The number of ether oxygens (including phenoxy) is 1. The molecule has 1 aliphatic heterocycles. The number of halogens is 1. The lowest BCUT2D eigenvalue weighted by Crippen LogP contribution is -2.34. The summed E-state index contributed by atoms with van der Waals surface area (Å²) in [4.78, 5) is 35.0. The Balaban J connectivity index is 2.16. The molecule has 1 aliphatic rings. The standard InChI is InChI=1S/C15H11FO4/c1-9-7-13(18)14(15(19)20-9)12(17)6-5-10-3-2-4-11(16)8-10/h2-8,14H,1H3/b6-5+/t14-/m0/s1. The van der Waals surface area contributed by atoms with Crippen LogP contribution in [0.4, 0.5) is 4.39 Å². The molecule has 4 nitrogen and oxygen atoms in total. The van der Waals surface area contributed by atoms with Gasteiger partial charge < -0.3 is 4.74 Å². The Morgan fingerprint density at radius 1 is 1.35 bits per heavy atom. The second kappa shape index (κ2) is 5.61. The van der Waals surface area contributed by atoms with Crippen molar-refractivity contribution in [3.63, 3.8) is 0 Å². The summed E-state index contributed by atoms with van der Waals surface area (Å²) in [6.45, 7) is 1.46. The predicted octanol–water partition coefficient (Wildman–Crippen LogP) is 2.05. The molecule has 1 atom stereocenters. The van der Waals surface area contributed by atoms with Crippen molar-refractivity contribution in [3.05, 3.63) is 53.6 Å². The van der Waals surface area contributed by atoms with E-state index in [4.69, 9.17) is 4.74 Å². The minimum atomic E-state index is -1.47. The van der Waals surface area contributed by atoms with Gasteiger partial charge in [0, 0.05) is 6.08 Å². The second-order valence-electron chi connectivity index (χ2n) is 4.30. The van der Waals surface area contributed by atoms with Crippen LogP contribution in [0.2, 0.25) is 0 Å². The number of hydrogen-bond donors (Lipinski definition) is 0. The van der Waals surface area contributed by atoms with E-state index in [1.54, 1.807) is 6.07 Å². The van der Waals surface area contributed by atoms with Crippen molar-refractivity contribution in [2.45, 2.75) is 6.92 Å². The zero-order valence-electron chi connectivity index (χ0n) is 10.6. The maximum absolute atomic E-state index is 13.0. The van der Waals surface area contributed by atoms with E-state index >= 15 is 0 Å². The average molecular weight is 274 g/mol. The van der Waals surface area contributed by atoms with Crippen LogP contribution in [0.3, 0.4) is 0 Å². The Bertz CT molecular complexity index is 643. The van der Waals surface area contributed by atoms with Gasteiger partial charge in [-0.1, -0.05) is 18.2 Å². The van der Waals surface area contributed by atoms with Gasteiger partial charge in [0.05, 0.1) is 0 Å². The quantitative estimate of drug-likeness (QED) is 0.481. The number of carbonyl (C=O) groups is 3. The first-order valence-corrected chi connectivity index (χ1v) is 5.89. The zero-order valence-corrected chi connectivity index (χ0v) is 10.6. The highest BCUT2D eigenvalue weighted by molar-refractivity contribution is 6.25. The van der Waals surface area contributed by atoms with Gasteiger partial charge in [-0.25, -0.2) is 4.39 Å². The highest BCUT2D eigenvalue weighted by Crippen LogP contribution is 2.16. The molecule has 0 saturated carbocycles. The molecule has 0 bridgehead atoms. The van der Waals surface area contributed by atoms with E-state index in [1.807, 2.05) is 0 Å². The maximum atomic E-state index is 13.0. The molecule has 0 aromatic heterocycles. The van der Waals surface area contributed by atoms with Gasteiger partial charge in [0.25, 0.3) is 0 Å². The number of esters is 1. The molecule has 20 heavy (non-hydrogen) atoms. The molecule has 0 N–H and O–H groups in total. The van der Waals surface area contributed by atoms with Crippen LogP contribution >= 0.6 is 0 Å². The molecule has 1 aromatic carbocycles. The van der Waals surface area contributed by atoms with Crippen molar-refractivity contribution in [2.24, 2.45) is 5.92 Å². The summed E-state index contributed by atoms with van der Waals surface area (Å²) >= 11 is 0. The largest absolute Gasteiger partial charge is 0.430 e. The molecular formula is C15H11FO4. The number of allylic oxidation sites excluding steroid dienone is 3. The van der Waals surface area contributed by atoms with Gasteiger partial charge in [-0.3, -0.25) is 14.4 Å². The molecule has 0 saturated heterocycles. The fraction of sp³-hybridized carbons (Fsp3) is 0.133. The summed E-state index contributed by atoms with van der Waals surface area (Å²) < 4.78 is 17.7. The fourth-order valence-corrected chi connectivity index (χ4v) is 1.79. The third kappa shape index (κ3) is 3.06. The van der Waals surface area contributed by atoms with Gasteiger partial charge in [0.1, 0.15) is 11.6 Å². The first-order valence-electron chi connectivity index (χ1n) is 5.89. The summed E-state index contributed by atoms with van der Waals surface area (Å²) in [5, 5.41) is 0. The SMILES string of the molecule is CC1=CC(=O)[C@H](C(=O)/C=C/c2cccc(F)c2)C(=O)O1. The minimum Gasteiger partial charge on any atom is -0.430 e. The Morgan fingerprint density at radius 2 is 2.10 bits per heavy atom. The fourth-order valence-electron chi connectivity index (χ4n) is 1.79. The maximum Gasteiger partial charge on any atom is 0.329 e. The van der Waals surface area contributed by atoms with Gasteiger partial charge in [0.15, 0.2) is 17.5 Å². The number of hydrogen-bond acceptors (Lipinski definition) is 4. The van der Waals surface area contributed by atoms with Crippen LogP contribution in [-0.2, 0) is 19.1 Å². The molecule has 1 heterocycles. The monoisotopic (exact) mass is 274 g/mol. The van der Waals surface area contributed by atoms with E-state index in [1.165, 1.54) is 31.2 Å². The summed E-state index contributed by atoms with van der Waals surface area (Å²) in [5.41, 5.74) is 0.460. The van der Waals surface area contributed by atoms with Crippen LogP contribution in [0.1, 0.15) is 12.5 Å². The average Bonchev–Trinajstić information content (AvgIpc) is 2.35. The number of cyclic esters (lactones) is 1. The van der Waals surface area contributed by atoms with Crippen LogP contribution in [0.25, 0.3) is 6.08 Å². The minimum absolute atomic E-state index is 0.165. The van der Waals surface area contributed by atoms with E-state index in [2.05, 4.69) is 0 Å². The number of rotatable bonds is 3. The Labute approximate surface area is 114 Å². The highest BCUT2D eigenvalue weighted by atomic mass is 19.1. The van der Waals surface area contributed by atoms with Gasteiger partial charge >= 0.3 is 5.97 Å². The molecule has 0 spiro atoms. The molecular weight excluding hydrogens is 263 g/mol. The van der Waals surface area contributed by atoms with Crippen molar-refractivity contribution < 1.29 is 23.5 Å². The molecule has 2 rings (SSSR count). The highest BCUT2D eigenvalue weighted by Gasteiger charge is 2.36. The van der Waals surface area contributed by atoms with E-state index in [9.17, 15) is 18.8 Å². The van der Waals surface area contributed by atoms with Gasteiger partial charge in [-0.2, -0.15) is 0 Å². The lowest BCUT2D eigenvalue weighted by molar-refractivity contribution is -0.151. The molecule has 0 fully saturated rings. The van der Waals surface area contributed by atoms with Crippen molar-refractivity contribution in [1.82, 2.24) is 0 Å². The van der Waals surface area contributed by atoms with Crippen LogP contribution in [0.5, 0.6) is 0 Å². The second-order valence-corrected chi connectivity index (χ2v) is 4.30. The first-order chi connectivity index (χ1) is 9.47. The Kier molecular flexibility index (Phi) is 3.89. The van der Waals surface area contributed by atoms with Crippen LogP contribution in [-0.4, -0.2) is 17.5 Å². The van der Waals surface area contributed by atoms with Gasteiger partial charge in [-0.05, 0) is 30.7 Å². The van der Waals surface area contributed by atoms with Crippen LogP contribution in [0.15, 0.2) is 42.2 Å². The first kappa shape index (κ1) is 13.9. The number of carbonyl (C=O) groups excluding carboxylic acids is 3. The third-order valence-electron chi connectivity index (χ3n) is 2.70. The number of benzene rings is 1. The molecule has 102 valence electrons. The van der Waals surface area contributed by atoms with Crippen molar-refractivity contribution in [3.8, 4) is 0 Å². The smallest absolute Gasteiger partial charge is 0.329 e. The number of ketones is 2. The van der Waals surface area contributed by atoms with Crippen molar-refractivity contribution >= 4 is 23.6 Å². The summed E-state index contributed by atoms with van der Waals surface area (Å²) in [6, 6.07) is 5.59. The van der Waals surface area contributed by atoms with Crippen LogP contribution < -0.4 is 0 Å². The molecule has 0 unspecified atom stereocenters. The van der Waals surface area contributed by atoms with E-state index in [0.717, 1.165) is 12.2 Å². The Hall–Kier alpha value is -2.56. The van der Waals surface area contributed by atoms with Gasteiger partial charge in [-0.15, -0.1) is 0 Å². The molecule has 0 aliphatic carbocycles. The molecule has 0 radical (unpaired) electrons. The van der Waals surface area contributed by atoms with E-state index in [0.29, 0.717) is 5.56 Å². The predicted molar refractivity (Wildman–Crippen MR) is 68.8 cm³/mol. The summed E-state index contributed by atoms with van der Waals surface area (Å²) in [5.74, 6) is -3.92. The normalized spacial score (nSPS) is 18.9. The molecule has 0 amide bonds. The molecule has 1 aromatic rings. The van der Waals surface area contributed by atoms with E-state index in [-0.39, 0.29) is 5.76 Å². The topological polar surface area (TPSA) is 60.4 Å². The van der Waals surface area contributed by atoms with Crippen molar-refractivity contribution in [1.29, 1.82) is 0 Å². The van der Waals surface area contributed by atoms with E-state index < -0.39 is 29.3 Å². The van der Waals surface area contributed by atoms with Crippen molar-refractivity contribution in [2.75, 3.05) is 0 Å². The third-order valence-corrected chi connectivity index (χ3v) is 2.70.